The monoisotopic (exact) mass is 618 g/mol. The lowest BCUT2D eigenvalue weighted by Gasteiger charge is -2.36. The van der Waals surface area contributed by atoms with E-state index < -0.39 is 5.97 Å². The second kappa shape index (κ2) is 11.0. The third-order valence-electron chi connectivity index (χ3n) is 7.88. The van der Waals surface area contributed by atoms with Gasteiger partial charge in [0, 0.05) is 56.9 Å². The van der Waals surface area contributed by atoms with Gasteiger partial charge in [0.2, 0.25) is 11.8 Å². The molecule has 226 valence electrons. The number of pyridine rings is 1. The predicted octanol–water partition coefficient (Wildman–Crippen LogP) is 3.96. The number of aromatic nitrogens is 7. The molecule has 0 radical (unpaired) electrons. The predicted molar refractivity (Wildman–Crippen MR) is 162 cm³/mol. The molecule has 0 atom stereocenters. The molecular formula is C29H28ClFN10O3. The molecule has 0 amide bonds. The number of hydrogen-bond acceptors (Lipinski definition) is 11. The smallest absolute Gasteiger partial charge is 0.356 e. The van der Waals surface area contributed by atoms with Gasteiger partial charge in [-0.1, -0.05) is 22.8 Å². The standard InChI is InChI=1S/C29H28ClFN10O3/c1-3-43-28(42)24-23(30)22-26(35-29(32)41-27(22)34-25(36-41)19-6-4-5-7-33-19)40(24)13-10-38-8-11-39(12-9-38)20-14-17-16(2)37-44-21(17)15-18(20)31/h4-7,14-15H,3,8-13H2,1-2H3,(H2,32,35). The Balaban J connectivity index is 1.18. The average molecular weight is 619 g/mol. The van der Waals surface area contributed by atoms with Crippen LogP contribution in [0.2, 0.25) is 5.02 Å². The van der Waals surface area contributed by atoms with Crippen LogP contribution in [0, 0.1) is 12.7 Å². The Labute approximate surface area is 255 Å². The number of nitrogens with two attached hydrogens (primary N) is 1. The third-order valence-corrected chi connectivity index (χ3v) is 8.25. The van der Waals surface area contributed by atoms with E-state index >= 15 is 0 Å². The maximum Gasteiger partial charge on any atom is 0.356 e. The zero-order chi connectivity index (χ0) is 30.5. The lowest BCUT2D eigenvalue weighted by Crippen LogP contribution is -2.47. The molecular weight excluding hydrogens is 591 g/mol. The number of anilines is 2. The van der Waals surface area contributed by atoms with Crippen LogP contribution < -0.4 is 10.6 Å². The molecule has 1 aromatic carbocycles. The van der Waals surface area contributed by atoms with Gasteiger partial charge in [0.25, 0.3) is 0 Å². The Kier molecular flexibility index (Phi) is 7.01. The summed E-state index contributed by atoms with van der Waals surface area (Å²) in [6, 6.07) is 8.60. The van der Waals surface area contributed by atoms with Gasteiger partial charge in [-0.25, -0.2) is 14.2 Å². The van der Waals surface area contributed by atoms with Crippen molar-refractivity contribution in [2.24, 2.45) is 0 Å². The number of aryl methyl sites for hydroxylation is 1. The van der Waals surface area contributed by atoms with Gasteiger partial charge in [-0.2, -0.15) is 9.50 Å². The summed E-state index contributed by atoms with van der Waals surface area (Å²) in [6.07, 6.45) is 1.65. The van der Waals surface area contributed by atoms with Crippen LogP contribution in [0.25, 0.3) is 39.2 Å². The number of carbonyl (C=O) groups is 1. The Morgan fingerprint density at radius 1 is 1.14 bits per heavy atom. The molecule has 15 heteroatoms. The van der Waals surface area contributed by atoms with E-state index in [4.69, 9.17) is 26.6 Å². The van der Waals surface area contributed by atoms with Crippen LogP contribution in [0.1, 0.15) is 23.1 Å². The fraction of sp³-hybridized carbons (Fsp3) is 0.310. The third kappa shape index (κ3) is 4.66. The van der Waals surface area contributed by atoms with E-state index in [1.807, 2.05) is 17.9 Å². The summed E-state index contributed by atoms with van der Waals surface area (Å²) in [5.74, 6) is -0.481. The van der Waals surface area contributed by atoms with E-state index in [0.29, 0.717) is 78.7 Å². The fourth-order valence-electron chi connectivity index (χ4n) is 5.67. The van der Waals surface area contributed by atoms with Gasteiger partial charge >= 0.3 is 5.97 Å². The number of esters is 1. The second-order valence-electron chi connectivity index (χ2n) is 10.5. The van der Waals surface area contributed by atoms with Gasteiger partial charge in [-0.05, 0) is 32.0 Å². The Morgan fingerprint density at radius 3 is 2.70 bits per heavy atom. The van der Waals surface area contributed by atoms with Crippen LogP contribution in [-0.2, 0) is 11.3 Å². The summed E-state index contributed by atoms with van der Waals surface area (Å²) < 4.78 is 28.6. The summed E-state index contributed by atoms with van der Waals surface area (Å²) in [5.41, 5.74) is 9.51. The number of carbonyl (C=O) groups excluding carboxylic acids is 1. The SMILES string of the molecule is CCOC(=O)c1c(Cl)c2c(nc(N)n3nc(-c4ccccn4)nc23)n1CCN1CCN(c2cc3c(C)noc3cc2F)CC1. The van der Waals surface area contributed by atoms with Gasteiger partial charge in [0.1, 0.15) is 22.9 Å². The van der Waals surface area contributed by atoms with Gasteiger partial charge < -0.3 is 24.5 Å². The largest absolute Gasteiger partial charge is 0.461 e. The van der Waals surface area contributed by atoms with Crippen molar-refractivity contribution in [3.63, 3.8) is 0 Å². The Hall–Kier alpha value is -4.82. The number of fused-ring (bicyclic) bond motifs is 4. The minimum atomic E-state index is -0.573. The maximum atomic E-state index is 14.9. The summed E-state index contributed by atoms with van der Waals surface area (Å²) in [6.45, 7) is 7.29. The highest BCUT2D eigenvalue weighted by atomic mass is 35.5. The van der Waals surface area contributed by atoms with Crippen LogP contribution in [0.5, 0.6) is 0 Å². The fourth-order valence-corrected chi connectivity index (χ4v) is 6.01. The molecule has 1 fully saturated rings. The highest BCUT2D eigenvalue weighted by Crippen LogP contribution is 2.35. The van der Waals surface area contributed by atoms with Gasteiger partial charge in [-0.15, -0.1) is 5.10 Å². The van der Waals surface area contributed by atoms with E-state index in [9.17, 15) is 9.18 Å². The maximum absolute atomic E-state index is 14.9. The first kappa shape index (κ1) is 28.0. The number of hydrogen-bond donors (Lipinski definition) is 1. The molecule has 2 N–H and O–H groups in total. The molecule has 1 aliphatic heterocycles. The van der Waals surface area contributed by atoms with Crippen molar-refractivity contribution >= 4 is 56.9 Å². The molecule has 13 nitrogen and oxygen atoms in total. The topological polar surface area (TPSA) is 146 Å². The van der Waals surface area contributed by atoms with Crippen molar-refractivity contribution in [1.29, 1.82) is 0 Å². The van der Waals surface area contributed by atoms with Gasteiger partial charge in [0.15, 0.2) is 11.2 Å². The number of piperazine rings is 1. The molecule has 0 spiro atoms. The number of benzene rings is 1. The van der Waals surface area contributed by atoms with Crippen molar-refractivity contribution in [2.75, 3.05) is 50.0 Å². The molecule has 7 rings (SSSR count). The molecule has 0 aliphatic carbocycles. The summed E-state index contributed by atoms with van der Waals surface area (Å²) in [7, 11) is 0. The molecule has 6 aromatic rings. The molecule has 0 unspecified atom stereocenters. The van der Waals surface area contributed by atoms with Crippen molar-refractivity contribution in [3.8, 4) is 11.5 Å². The number of ether oxygens (including phenoxy) is 1. The van der Waals surface area contributed by atoms with Crippen LogP contribution >= 0.6 is 11.6 Å². The van der Waals surface area contributed by atoms with E-state index in [-0.39, 0.29) is 29.1 Å². The molecule has 0 bridgehead atoms. The van der Waals surface area contributed by atoms with Crippen LogP contribution in [0.15, 0.2) is 41.1 Å². The van der Waals surface area contributed by atoms with Crippen LogP contribution in [-0.4, -0.2) is 84.5 Å². The number of nitrogens with zero attached hydrogens (tertiary/aromatic N) is 9. The van der Waals surface area contributed by atoms with Crippen LogP contribution in [0.4, 0.5) is 16.0 Å². The van der Waals surface area contributed by atoms with Crippen molar-refractivity contribution < 1.29 is 18.4 Å². The van der Waals surface area contributed by atoms with E-state index in [2.05, 4.69) is 30.1 Å². The Morgan fingerprint density at radius 2 is 1.95 bits per heavy atom. The first-order chi connectivity index (χ1) is 21.3. The average Bonchev–Trinajstić information content (AvgIpc) is 3.70. The number of rotatable bonds is 7. The van der Waals surface area contributed by atoms with E-state index in [1.165, 1.54) is 10.6 Å². The minimum Gasteiger partial charge on any atom is -0.461 e. The number of nitrogen functional groups attached to an aromatic ring is 1. The summed E-state index contributed by atoms with van der Waals surface area (Å²) in [4.78, 5) is 31.0. The molecule has 44 heavy (non-hydrogen) atoms. The zero-order valence-electron chi connectivity index (χ0n) is 24.0. The minimum absolute atomic E-state index is 0.0867. The van der Waals surface area contributed by atoms with E-state index in [1.54, 1.807) is 35.9 Å². The highest BCUT2D eigenvalue weighted by molar-refractivity contribution is 6.39. The van der Waals surface area contributed by atoms with Crippen molar-refractivity contribution in [1.82, 2.24) is 39.2 Å². The quantitative estimate of drug-likeness (QED) is 0.259. The summed E-state index contributed by atoms with van der Waals surface area (Å²) >= 11 is 6.88. The van der Waals surface area contributed by atoms with Crippen LogP contribution in [0.3, 0.4) is 0 Å². The van der Waals surface area contributed by atoms with Crippen molar-refractivity contribution in [2.45, 2.75) is 20.4 Å². The molecule has 1 aliphatic rings. The van der Waals surface area contributed by atoms with Gasteiger partial charge in [-0.3, -0.25) is 9.88 Å². The Bertz CT molecular complexity index is 2030. The highest BCUT2D eigenvalue weighted by Gasteiger charge is 2.29. The lowest BCUT2D eigenvalue weighted by molar-refractivity contribution is 0.0513. The normalized spacial score (nSPS) is 14.3. The molecule has 6 heterocycles. The van der Waals surface area contributed by atoms with Gasteiger partial charge in [0.05, 0.1) is 28.4 Å². The second-order valence-corrected chi connectivity index (χ2v) is 10.9. The number of halogens is 2. The molecule has 0 saturated carbocycles. The molecule has 1 saturated heterocycles. The first-order valence-corrected chi connectivity index (χ1v) is 14.6. The first-order valence-electron chi connectivity index (χ1n) is 14.2. The molecule has 5 aromatic heterocycles. The lowest BCUT2D eigenvalue weighted by atomic mass is 10.1. The zero-order valence-corrected chi connectivity index (χ0v) is 24.8. The van der Waals surface area contributed by atoms with Crippen molar-refractivity contribution in [3.05, 3.63) is 58.8 Å². The summed E-state index contributed by atoms with van der Waals surface area (Å²) in [5, 5.41) is 9.84. The van der Waals surface area contributed by atoms with E-state index in [0.717, 1.165) is 11.1 Å².